The van der Waals surface area contributed by atoms with Gasteiger partial charge in [-0.3, -0.25) is 10.1 Å². The average Bonchev–Trinajstić information content (AvgIpc) is 2.46. The van der Waals surface area contributed by atoms with Crippen LogP contribution >= 0.6 is 27.5 Å². The van der Waals surface area contributed by atoms with Crippen LogP contribution in [-0.4, -0.2) is 4.92 Å². The standard InChI is InChI=1S/C14H10BrClFNO3/c15-7-10-5-12(18(19)20)3-4-14(10)21-8-9-1-2-11(17)6-13(9)16/h1-6H,7-8H2. The minimum absolute atomic E-state index is 0.00313. The van der Waals surface area contributed by atoms with Crippen molar-refractivity contribution in [3.63, 3.8) is 0 Å². The van der Waals surface area contributed by atoms with Gasteiger partial charge in [0.1, 0.15) is 18.2 Å². The molecule has 2 rings (SSSR count). The Balaban J connectivity index is 2.17. The molecule has 110 valence electrons. The summed E-state index contributed by atoms with van der Waals surface area (Å²) in [7, 11) is 0. The number of nitro benzene ring substituents is 1. The smallest absolute Gasteiger partial charge is 0.270 e. The number of rotatable bonds is 5. The highest BCUT2D eigenvalue weighted by Gasteiger charge is 2.12. The van der Waals surface area contributed by atoms with Crippen molar-refractivity contribution in [2.24, 2.45) is 0 Å². The fraction of sp³-hybridized carbons (Fsp3) is 0.143. The Labute approximate surface area is 133 Å². The summed E-state index contributed by atoms with van der Waals surface area (Å²) in [5.41, 5.74) is 1.29. The lowest BCUT2D eigenvalue weighted by atomic mass is 10.2. The molecule has 21 heavy (non-hydrogen) atoms. The Morgan fingerprint density at radius 1 is 1.24 bits per heavy atom. The molecule has 4 nitrogen and oxygen atoms in total. The van der Waals surface area contributed by atoms with E-state index in [4.69, 9.17) is 16.3 Å². The molecule has 0 amide bonds. The molecule has 0 bridgehead atoms. The summed E-state index contributed by atoms with van der Waals surface area (Å²) in [6, 6.07) is 8.39. The first-order chi connectivity index (χ1) is 10.0. The third-order valence-corrected chi connectivity index (χ3v) is 3.75. The first-order valence-corrected chi connectivity index (χ1v) is 7.41. The second-order valence-electron chi connectivity index (χ2n) is 4.21. The topological polar surface area (TPSA) is 52.4 Å². The number of halogens is 3. The minimum atomic E-state index is -0.465. The number of nitrogens with zero attached hydrogens (tertiary/aromatic N) is 1. The Bertz CT molecular complexity index is 681. The van der Waals surface area contributed by atoms with E-state index in [2.05, 4.69) is 15.9 Å². The van der Waals surface area contributed by atoms with Crippen LogP contribution in [0.4, 0.5) is 10.1 Å². The zero-order valence-electron chi connectivity index (χ0n) is 10.7. The van der Waals surface area contributed by atoms with Crippen LogP contribution in [0.1, 0.15) is 11.1 Å². The van der Waals surface area contributed by atoms with E-state index in [0.29, 0.717) is 22.2 Å². The van der Waals surface area contributed by atoms with Crippen molar-refractivity contribution < 1.29 is 14.1 Å². The monoisotopic (exact) mass is 373 g/mol. The van der Waals surface area contributed by atoms with E-state index in [-0.39, 0.29) is 17.3 Å². The molecule has 0 aromatic heterocycles. The van der Waals surface area contributed by atoms with Gasteiger partial charge in [0.05, 0.1) is 9.95 Å². The van der Waals surface area contributed by atoms with E-state index in [9.17, 15) is 14.5 Å². The number of benzene rings is 2. The number of hydrogen-bond acceptors (Lipinski definition) is 3. The summed E-state index contributed by atoms with van der Waals surface area (Å²) < 4.78 is 18.6. The Hall–Kier alpha value is -1.66. The van der Waals surface area contributed by atoms with Gasteiger partial charge in [-0.15, -0.1) is 0 Å². The molecule has 0 saturated heterocycles. The van der Waals surface area contributed by atoms with Crippen LogP contribution in [0.5, 0.6) is 5.75 Å². The van der Waals surface area contributed by atoms with Gasteiger partial charge < -0.3 is 4.74 Å². The van der Waals surface area contributed by atoms with Crippen LogP contribution in [0.25, 0.3) is 0 Å². The van der Waals surface area contributed by atoms with Crippen LogP contribution in [0.15, 0.2) is 36.4 Å². The lowest BCUT2D eigenvalue weighted by Gasteiger charge is -2.11. The van der Waals surface area contributed by atoms with E-state index >= 15 is 0 Å². The van der Waals surface area contributed by atoms with Gasteiger partial charge in [0.25, 0.3) is 5.69 Å². The van der Waals surface area contributed by atoms with Crippen LogP contribution in [-0.2, 0) is 11.9 Å². The molecular formula is C14H10BrClFNO3. The van der Waals surface area contributed by atoms with Gasteiger partial charge in [0.15, 0.2) is 0 Å². The van der Waals surface area contributed by atoms with Crippen LogP contribution in [0, 0.1) is 15.9 Å². The third kappa shape index (κ3) is 3.92. The van der Waals surface area contributed by atoms with Crippen molar-refractivity contribution >= 4 is 33.2 Å². The minimum Gasteiger partial charge on any atom is -0.489 e. The number of ether oxygens (including phenoxy) is 1. The molecule has 0 radical (unpaired) electrons. The van der Waals surface area contributed by atoms with Crippen molar-refractivity contribution in [1.29, 1.82) is 0 Å². The Morgan fingerprint density at radius 3 is 2.62 bits per heavy atom. The Morgan fingerprint density at radius 2 is 2.00 bits per heavy atom. The maximum absolute atomic E-state index is 13.0. The van der Waals surface area contributed by atoms with Gasteiger partial charge in [0, 0.05) is 28.6 Å². The van der Waals surface area contributed by atoms with Gasteiger partial charge in [0.2, 0.25) is 0 Å². The molecule has 0 atom stereocenters. The zero-order chi connectivity index (χ0) is 15.4. The van der Waals surface area contributed by atoms with Gasteiger partial charge in [-0.05, 0) is 18.2 Å². The van der Waals surface area contributed by atoms with E-state index in [0.717, 1.165) is 0 Å². The highest BCUT2D eigenvalue weighted by Crippen LogP contribution is 2.28. The van der Waals surface area contributed by atoms with E-state index < -0.39 is 10.7 Å². The molecule has 0 saturated carbocycles. The van der Waals surface area contributed by atoms with E-state index in [1.54, 1.807) is 0 Å². The molecule has 0 N–H and O–H groups in total. The largest absolute Gasteiger partial charge is 0.489 e. The molecule has 0 aliphatic carbocycles. The van der Waals surface area contributed by atoms with Crippen molar-refractivity contribution in [2.45, 2.75) is 11.9 Å². The van der Waals surface area contributed by atoms with Gasteiger partial charge in [-0.1, -0.05) is 33.6 Å². The fourth-order valence-corrected chi connectivity index (χ4v) is 2.38. The van der Waals surface area contributed by atoms with E-state index in [1.165, 1.54) is 36.4 Å². The molecule has 7 heteroatoms. The second kappa shape index (κ2) is 6.87. The summed E-state index contributed by atoms with van der Waals surface area (Å²) in [6.07, 6.45) is 0. The lowest BCUT2D eigenvalue weighted by molar-refractivity contribution is -0.384. The van der Waals surface area contributed by atoms with Gasteiger partial charge in [-0.2, -0.15) is 0 Å². The number of non-ortho nitro benzene ring substituents is 1. The molecule has 0 aliphatic rings. The molecule has 0 heterocycles. The molecule has 0 spiro atoms. The summed E-state index contributed by atoms with van der Waals surface area (Å²) in [4.78, 5) is 10.3. The van der Waals surface area contributed by atoms with Crippen molar-refractivity contribution in [2.75, 3.05) is 0 Å². The van der Waals surface area contributed by atoms with Crippen molar-refractivity contribution in [1.82, 2.24) is 0 Å². The normalized spacial score (nSPS) is 10.4. The molecule has 0 unspecified atom stereocenters. The number of nitro groups is 1. The molecule has 0 aliphatic heterocycles. The average molecular weight is 375 g/mol. The summed E-state index contributed by atoms with van der Waals surface area (Å²) >= 11 is 9.18. The predicted molar refractivity (Wildman–Crippen MR) is 81.5 cm³/mol. The summed E-state index contributed by atoms with van der Waals surface area (Å²) in [5.74, 6) is 0.0955. The quantitative estimate of drug-likeness (QED) is 0.426. The number of alkyl halides is 1. The molecule has 0 fully saturated rings. The van der Waals surface area contributed by atoms with Crippen molar-refractivity contribution in [3.05, 3.63) is 68.5 Å². The first kappa shape index (κ1) is 15.7. The number of hydrogen-bond donors (Lipinski definition) is 0. The highest BCUT2D eigenvalue weighted by atomic mass is 79.9. The van der Waals surface area contributed by atoms with Gasteiger partial charge in [-0.25, -0.2) is 4.39 Å². The first-order valence-electron chi connectivity index (χ1n) is 5.91. The SMILES string of the molecule is O=[N+]([O-])c1ccc(OCc2ccc(F)cc2Cl)c(CBr)c1. The molecular weight excluding hydrogens is 365 g/mol. The van der Waals surface area contributed by atoms with Crippen molar-refractivity contribution in [3.8, 4) is 5.75 Å². The van der Waals surface area contributed by atoms with Crippen LogP contribution in [0.3, 0.4) is 0 Å². The molecule has 2 aromatic rings. The van der Waals surface area contributed by atoms with Crippen LogP contribution < -0.4 is 4.74 Å². The predicted octanol–water partition coefficient (Wildman–Crippen LogP) is 4.86. The second-order valence-corrected chi connectivity index (χ2v) is 5.18. The zero-order valence-corrected chi connectivity index (χ0v) is 13.0. The maximum Gasteiger partial charge on any atom is 0.270 e. The lowest BCUT2D eigenvalue weighted by Crippen LogP contribution is -2.00. The van der Waals surface area contributed by atoms with E-state index in [1.807, 2.05) is 0 Å². The van der Waals surface area contributed by atoms with Crippen LogP contribution in [0.2, 0.25) is 5.02 Å². The Kier molecular flexibility index (Phi) is 5.14. The fourth-order valence-electron chi connectivity index (χ4n) is 1.72. The maximum atomic E-state index is 13.0. The highest BCUT2D eigenvalue weighted by molar-refractivity contribution is 9.08. The summed E-state index contributed by atoms with van der Waals surface area (Å²) in [5, 5.41) is 11.4. The molecule has 2 aromatic carbocycles. The van der Waals surface area contributed by atoms with Gasteiger partial charge >= 0.3 is 0 Å². The third-order valence-electron chi connectivity index (χ3n) is 2.80. The summed E-state index contributed by atoms with van der Waals surface area (Å²) in [6.45, 7) is 0.150.